The first-order valence-electron chi connectivity index (χ1n) is 5.06. The number of aromatic amines is 1. The maximum absolute atomic E-state index is 12.3. The number of rotatable bonds is 2. The van der Waals surface area contributed by atoms with E-state index in [0.29, 0.717) is 10.9 Å². The van der Waals surface area contributed by atoms with Crippen LogP contribution in [0.25, 0.3) is 10.9 Å². The minimum Gasteiger partial charge on any atom is -0.456 e. The van der Waals surface area contributed by atoms with Crippen LogP contribution < -0.4 is 4.74 Å². The quantitative estimate of drug-likeness (QED) is 0.827. The highest BCUT2D eigenvalue weighted by molar-refractivity contribution is 5.81. The minimum absolute atomic E-state index is 0.389. The Bertz CT molecular complexity index is 523. The van der Waals surface area contributed by atoms with E-state index in [1.165, 1.54) is 12.1 Å². The Morgan fingerprint density at radius 3 is 2.05 bits per heavy atom. The van der Waals surface area contributed by atoms with Crippen LogP contribution >= 0.6 is 0 Å². The predicted molar refractivity (Wildman–Crippen MR) is 54.8 cm³/mol. The van der Waals surface area contributed by atoms with Crippen molar-refractivity contribution in [3.05, 3.63) is 30.3 Å². The van der Waals surface area contributed by atoms with Crippen LogP contribution in [0.2, 0.25) is 0 Å². The number of para-hydroxylation sites is 1. The second kappa shape index (κ2) is 4.36. The lowest BCUT2D eigenvalue weighted by atomic mass is 10.2. The Hall–Kier alpha value is -1.86. The van der Waals surface area contributed by atoms with Crippen molar-refractivity contribution in [3.63, 3.8) is 0 Å². The lowest BCUT2D eigenvalue weighted by Gasteiger charge is -2.22. The molecule has 0 aliphatic carbocycles. The maximum Gasteiger partial charge on any atom is 0.434 e. The molecule has 0 radical (unpaired) electrons. The SMILES string of the molecule is FC(F)(F)C(Oc1cc2ccccc2[nH]1)C(F)(F)F. The monoisotopic (exact) mass is 283 g/mol. The van der Waals surface area contributed by atoms with Gasteiger partial charge in [-0.1, -0.05) is 18.2 Å². The number of ether oxygens (including phenoxy) is 1. The molecule has 0 aliphatic heterocycles. The fourth-order valence-corrected chi connectivity index (χ4v) is 1.56. The molecule has 0 unspecified atom stereocenters. The van der Waals surface area contributed by atoms with Gasteiger partial charge in [0, 0.05) is 17.0 Å². The molecule has 1 heterocycles. The first-order valence-corrected chi connectivity index (χ1v) is 5.06. The van der Waals surface area contributed by atoms with Gasteiger partial charge in [0.1, 0.15) is 0 Å². The molecular weight excluding hydrogens is 276 g/mol. The van der Waals surface area contributed by atoms with E-state index in [2.05, 4.69) is 9.72 Å². The van der Waals surface area contributed by atoms with E-state index in [9.17, 15) is 26.3 Å². The highest BCUT2D eigenvalue weighted by Gasteiger charge is 2.59. The molecule has 2 rings (SSSR count). The third-order valence-electron chi connectivity index (χ3n) is 2.34. The summed E-state index contributed by atoms with van der Waals surface area (Å²) in [5.74, 6) is -0.583. The zero-order chi connectivity index (χ0) is 14.3. The lowest BCUT2D eigenvalue weighted by molar-refractivity contribution is -0.300. The lowest BCUT2D eigenvalue weighted by Crippen LogP contribution is -2.46. The molecule has 0 aliphatic rings. The second-order valence-corrected chi connectivity index (χ2v) is 3.80. The summed E-state index contributed by atoms with van der Waals surface area (Å²) in [7, 11) is 0. The average molecular weight is 283 g/mol. The van der Waals surface area contributed by atoms with Crippen LogP contribution in [0.15, 0.2) is 30.3 Å². The first kappa shape index (κ1) is 13.6. The Balaban J connectivity index is 2.31. The molecule has 19 heavy (non-hydrogen) atoms. The van der Waals surface area contributed by atoms with Gasteiger partial charge >= 0.3 is 12.4 Å². The number of hydrogen-bond donors (Lipinski definition) is 1. The number of fused-ring (bicyclic) bond motifs is 1. The molecule has 0 atom stereocenters. The van der Waals surface area contributed by atoms with Crippen LogP contribution in [0.3, 0.4) is 0 Å². The van der Waals surface area contributed by atoms with E-state index >= 15 is 0 Å². The van der Waals surface area contributed by atoms with Gasteiger partial charge in [0.2, 0.25) is 0 Å². The summed E-state index contributed by atoms with van der Waals surface area (Å²) in [6.07, 6.45) is -14.9. The number of nitrogens with one attached hydrogen (secondary N) is 1. The van der Waals surface area contributed by atoms with Crippen molar-refractivity contribution in [1.29, 1.82) is 0 Å². The molecule has 1 N–H and O–H groups in total. The zero-order valence-corrected chi connectivity index (χ0v) is 9.14. The normalized spacial score (nSPS) is 13.2. The summed E-state index contributed by atoms with van der Waals surface area (Å²) in [6, 6.07) is 7.33. The minimum atomic E-state index is -5.53. The molecule has 2 aromatic rings. The van der Waals surface area contributed by atoms with Gasteiger partial charge in [-0.3, -0.25) is 0 Å². The molecule has 0 fully saturated rings. The molecule has 0 bridgehead atoms. The topological polar surface area (TPSA) is 25.0 Å². The van der Waals surface area contributed by atoms with Crippen LogP contribution in [-0.4, -0.2) is 23.4 Å². The summed E-state index contributed by atoms with van der Waals surface area (Å²) in [4.78, 5) is 2.35. The average Bonchev–Trinajstić information content (AvgIpc) is 2.65. The molecule has 0 saturated heterocycles. The van der Waals surface area contributed by atoms with Crippen molar-refractivity contribution >= 4 is 10.9 Å². The van der Waals surface area contributed by atoms with Gasteiger partial charge in [-0.2, -0.15) is 26.3 Å². The van der Waals surface area contributed by atoms with Gasteiger partial charge < -0.3 is 9.72 Å². The summed E-state index contributed by atoms with van der Waals surface area (Å²) in [5, 5.41) is 0.459. The molecule has 104 valence electrons. The largest absolute Gasteiger partial charge is 0.456 e. The van der Waals surface area contributed by atoms with E-state index in [1.807, 2.05) is 0 Å². The van der Waals surface area contributed by atoms with Gasteiger partial charge in [0.25, 0.3) is 6.10 Å². The number of benzene rings is 1. The first-order chi connectivity index (χ1) is 8.68. The second-order valence-electron chi connectivity index (χ2n) is 3.80. The number of alkyl halides is 6. The summed E-state index contributed by atoms with van der Waals surface area (Å²) in [5.41, 5.74) is 0.389. The van der Waals surface area contributed by atoms with E-state index in [0.717, 1.165) is 6.07 Å². The Kier molecular flexibility index (Phi) is 3.11. The fraction of sp³-hybridized carbons (Fsp3) is 0.273. The van der Waals surface area contributed by atoms with Crippen LogP contribution in [0.1, 0.15) is 0 Å². The summed E-state index contributed by atoms with van der Waals surface area (Å²) >= 11 is 0. The van der Waals surface area contributed by atoms with E-state index in [1.54, 1.807) is 12.1 Å². The van der Waals surface area contributed by atoms with Crippen molar-refractivity contribution < 1.29 is 31.1 Å². The van der Waals surface area contributed by atoms with Crippen molar-refractivity contribution in [3.8, 4) is 5.88 Å². The third-order valence-corrected chi connectivity index (χ3v) is 2.34. The van der Waals surface area contributed by atoms with Crippen molar-refractivity contribution in [2.45, 2.75) is 18.5 Å². The molecule has 0 amide bonds. The zero-order valence-electron chi connectivity index (χ0n) is 9.14. The van der Waals surface area contributed by atoms with E-state index < -0.39 is 24.3 Å². The van der Waals surface area contributed by atoms with Crippen molar-refractivity contribution in [2.75, 3.05) is 0 Å². The smallest absolute Gasteiger partial charge is 0.434 e. The summed E-state index contributed by atoms with van der Waals surface area (Å²) in [6.45, 7) is 0. The number of hydrogen-bond acceptors (Lipinski definition) is 1. The molecule has 0 saturated carbocycles. The molecule has 1 aromatic carbocycles. The predicted octanol–water partition coefficient (Wildman–Crippen LogP) is 4.04. The van der Waals surface area contributed by atoms with Gasteiger partial charge in [0.15, 0.2) is 5.88 Å². The maximum atomic E-state index is 12.3. The molecule has 2 nitrogen and oxygen atoms in total. The highest BCUT2D eigenvalue weighted by atomic mass is 19.4. The summed E-state index contributed by atoms with van der Waals surface area (Å²) < 4.78 is 77.8. The van der Waals surface area contributed by atoms with Gasteiger partial charge in [-0.05, 0) is 6.07 Å². The molecule has 1 aromatic heterocycles. The van der Waals surface area contributed by atoms with E-state index in [4.69, 9.17) is 0 Å². The molecular formula is C11H7F6NO. The standard InChI is InChI=1S/C11H7F6NO/c12-10(13,14)9(11(15,16)17)19-8-5-6-3-1-2-4-7(6)18-8/h1-5,9,18H. The Morgan fingerprint density at radius 1 is 0.947 bits per heavy atom. The highest BCUT2D eigenvalue weighted by Crippen LogP contribution is 2.36. The van der Waals surface area contributed by atoms with E-state index in [-0.39, 0.29) is 0 Å². The van der Waals surface area contributed by atoms with Gasteiger partial charge in [-0.15, -0.1) is 0 Å². The van der Waals surface area contributed by atoms with Crippen LogP contribution in [0.4, 0.5) is 26.3 Å². The third kappa shape index (κ3) is 2.94. The number of H-pyrrole nitrogens is 1. The van der Waals surface area contributed by atoms with Gasteiger partial charge in [0.05, 0.1) is 0 Å². The van der Waals surface area contributed by atoms with Crippen molar-refractivity contribution in [2.24, 2.45) is 0 Å². The number of aromatic nitrogens is 1. The van der Waals surface area contributed by atoms with Crippen LogP contribution in [0.5, 0.6) is 5.88 Å². The van der Waals surface area contributed by atoms with Gasteiger partial charge in [-0.25, -0.2) is 0 Å². The fourth-order valence-electron chi connectivity index (χ4n) is 1.56. The van der Waals surface area contributed by atoms with Crippen LogP contribution in [0, 0.1) is 0 Å². The Labute approximate surface area is 103 Å². The number of halogens is 6. The molecule has 8 heteroatoms. The molecule has 0 spiro atoms. The van der Waals surface area contributed by atoms with Crippen LogP contribution in [-0.2, 0) is 0 Å². The Morgan fingerprint density at radius 2 is 1.53 bits per heavy atom. The van der Waals surface area contributed by atoms with Crippen molar-refractivity contribution in [1.82, 2.24) is 4.98 Å².